The molecule has 1 aliphatic rings. The number of benzene rings is 1. The van der Waals surface area contributed by atoms with Crippen molar-refractivity contribution in [1.82, 2.24) is 0 Å². The van der Waals surface area contributed by atoms with E-state index >= 15 is 0 Å². The van der Waals surface area contributed by atoms with Gasteiger partial charge in [0.15, 0.2) is 0 Å². The Morgan fingerprint density at radius 2 is 2.10 bits per heavy atom. The van der Waals surface area contributed by atoms with E-state index in [-0.39, 0.29) is 5.91 Å². The molecule has 0 radical (unpaired) electrons. The lowest BCUT2D eigenvalue weighted by Gasteiger charge is -2.20. The van der Waals surface area contributed by atoms with Gasteiger partial charge in [0, 0.05) is 12.8 Å². The number of nitriles is 1. The summed E-state index contributed by atoms with van der Waals surface area (Å²) < 4.78 is 5.08. The Kier molecular flexibility index (Phi) is 4.75. The van der Waals surface area contributed by atoms with Gasteiger partial charge in [0.2, 0.25) is 5.91 Å². The number of hydrogen-bond acceptors (Lipinski definition) is 3. The Balaban J connectivity index is 2.13. The molecule has 106 valence electrons. The highest BCUT2D eigenvalue weighted by Crippen LogP contribution is 2.38. The summed E-state index contributed by atoms with van der Waals surface area (Å²) in [5.41, 5.74) is 0.985. The molecule has 1 aromatic rings. The van der Waals surface area contributed by atoms with Crippen molar-refractivity contribution in [2.45, 2.75) is 32.1 Å². The highest BCUT2D eigenvalue weighted by Gasteiger charge is 2.41. The second-order valence-electron chi connectivity index (χ2n) is 5.26. The fourth-order valence-electron chi connectivity index (χ4n) is 2.68. The fourth-order valence-corrected chi connectivity index (χ4v) is 2.68. The summed E-state index contributed by atoms with van der Waals surface area (Å²) in [7, 11) is 1.66. The third-order valence-electron chi connectivity index (χ3n) is 3.95. The molecule has 0 aliphatic heterocycles. The quantitative estimate of drug-likeness (QED) is 0.896. The summed E-state index contributed by atoms with van der Waals surface area (Å²) in [4.78, 5) is 12.4. The first-order chi connectivity index (χ1) is 9.72. The van der Waals surface area contributed by atoms with Crippen LogP contribution in [-0.2, 0) is 16.0 Å². The zero-order valence-corrected chi connectivity index (χ0v) is 11.8. The van der Waals surface area contributed by atoms with E-state index in [9.17, 15) is 10.1 Å². The molecule has 0 heterocycles. The van der Waals surface area contributed by atoms with E-state index in [1.165, 1.54) is 0 Å². The van der Waals surface area contributed by atoms with Gasteiger partial charge in [0.25, 0.3) is 0 Å². The van der Waals surface area contributed by atoms with Crippen LogP contribution in [0, 0.1) is 16.7 Å². The molecule has 20 heavy (non-hydrogen) atoms. The molecule has 1 fully saturated rings. The molecule has 1 amide bonds. The van der Waals surface area contributed by atoms with Gasteiger partial charge in [-0.25, -0.2) is 0 Å². The van der Waals surface area contributed by atoms with Crippen LogP contribution in [0.3, 0.4) is 0 Å². The normalized spacial score (nSPS) is 16.6. The van der Waals surface area contributed by atoms with Crippen LogP contribution in [0.1, 0.15) is 31.2 Å². The smallest absolute Gasteiger partial charge is 0.244 e. The van der Waals surface area contributed by atoms with Crippen LogP contribution in [0.15, 0.2) is 24.3 Å². The molecule has 0 spiro atoms. The number of anilines is 1. The Morgan fingerprint density at radius 3 is 2.75 bits per heavy atom. The molecule has 4 nitrogen and oxygen atoms in total. The molecular weight excluding hydrogens is 252 g/mol. The van der Waals surface area contributed by atoms with Gasteiger partial charge >= 0.3 is 0 Å². The molecule has 4 heteroatoms. The lowest BCUT2D eigenvalue weighted by atomic mass is 9.87. The second-order valence-corrected chi connectivity index (χ2v) is 5.26. The predicted molar refractivity (Wildman–Crippen MR) is 77.2 cm³/mol. The molecule has 0 aromatic heterocycles. The SMILES string of the molecule is COCCc1ccccc1NC(=O)C1(C#N)CCCC1. The van der Waals surface area contributed by atoms with Crippen LogP contribution in [0.4, 0.5) is 5.69 Å². The van der Waals surface area contributed by atoms with Crippen LogP contribution in [0.2, 0.25) is 0 Å². The predicted octanol–water partition coefficient (Wildman–Crippen LogP) is 2.90. The molecular formula is C16H20N2O2. The van der Waals surface area contributed by atoms with Gasteiger partial charge in [0.05, 0.1) is 12.7 Å². The summed E-state index contributed by atoms with van der Waals surface area (Å²) in [6, 6.07) is 9.91. The number of ether oxygens (including phenoxy) is 1. The van der Waals surface area contributed by atoms with E-state index in [0.29, 0.717) is 19.4 Å². The maximum Gasteiger partial charge on any atom is 0.244 e. The molecule has 0 bridgehead atoms. The van der Waals surface area contributed by atoms with Gasteiger partial charge < -0.3 is 10.1 Å². The first kappa shape index (κ1) is 14.5. The highest BCUT2D eigenvalue weighted by molar-refractivity contribution is 5.98. The largest absolute Gasteiger partial charge is 0.384 e. The van der Waals surface area contributed by atoms with E-state index in [0.717, 1.165) is 30.5 Å². The molecule has 0 unspecified atom stereocenters. The van der Waals surface area contributed by atoms with Crippen LogP contribution < -0.4 is 5.32 Å². The number of rotatable bonds is 5. The third-order valence-corrected chi connectivity index (χ3v) is 3.95. The van der Waals surface area contributed by atoms with Crippen LogP contribution in [0.25, 0.3) is 0 Å². The number of nitrogens with one attached hydrogen (secondary N) is 1. The van der Waals surface area contributed by atoms with Crippen LogP contribution in [0.5, 0.6) is 0 Å². The van der Waals surface area contributed by atoms with Gasteiger partial charge in [-0.15, -0.1) is 0 Å². The second kappa shape index (κ2) is 6.53. The maximum atomic E-state index is 12.4. The highest BCUT2D eigenvalue weighted by atomic mass is 16.5. The standard InChI is InChI=1S/C16H20N2O2/c1-20-11-8-13-6-2-3-7-14(13)18-15(19)16(12-17)9-4-5-10-16/h2-3,6-7H,4-5,8-11H2,1H3,(H,18,19). The maximum absolute atomic E-state index is 12.4. The van der Waals surface area contributed by atoms with Crippen molar-refractivity contribution in [2.24, 2.45) is 5.41 Å². The van der Waals surface area contributed by atoms with Crippen molar-refractivity contribution in [3.63, 3.8) is 0 Å². The minimum Gasteiger partial charge on any atom is -0.384 e. The van der Waals surface area contributed by atoms with Crippen molar-refractivity contribution >= 4 is 11.6 Å². The van der Waals surface area contributed by atoms with Crippen molar-refractivity contribution in [3.8, 4) is 6.07 Å². The van der Waals surface area contributed by atoms with E-state index < -0.39 is 5.41 Å². The minimum absolute atomic E-state index is 0.164. The van der Waals surface area contributed by atoms with Crippen LogP contribution in [-0.4, -0.2) is 19.6 Å². The Hall–Kier alpha value is -1.86. The summed E-state index contributed by atoms with van der Waals surface area (Å²) in [5, 5.41) is 12.3. The fraction of sp³-hybridized carbons (Fsp3) is 0.500. The molecule has 2 rings (SSSR count). The third kappa shape index (κ3) is 3.00. The molecule has 1 aliphatic carbocycles. The number of carbonyl (C=O) groups excluding carboxylic acids is 1. The first-order valence-electron chi connectivity index (χ1n) is 7.01. The van der Waals surface area contributed by atoms with Gasteiger partial charge in [0.1, 0.15) is 5.41 Å². The number of hydrogen-bond donors (Lipinski definition) is 1. The number of methoxy groups -OCH3 is 1. The first-order valence-corrected chi connectivity index (χ1v) is 7.01. The Bertz CT molecular complexity index is 513. The average Bonchev–Trinajstić information content (AvgIpc) is 2.96. The van der Waals surface area contributed by atoms with Gasteiger partial charge in [-0.1, -0.05) is 31.0 Å². The summed E-state index contributed by atoms with van der Waals surface area (Å²) in [6.45, 7) is 0.607. The molecule has 0 atom stereocenters. The Morgan fingerprint density at radius 1 is 1.40 bits per heavy atom. The monoisotopic (exact) mass is 272 g/mol. The lowest BCUT2D eigenvalue weighted by Crippen LogP contribution is -2.32. The van der Waals surface area contributed by atoms with E-state index in [4.69, 9.17) is 4.74 Å². The zero-order valence-electron chi connectivity index (χ0n) is 11.8. The molecule has 1 aromatic carbocycles. The topological polar surface area (TPSA) is 62.1 Å². The van der Waals surface area contributed by atoms with Crippen molar-refractivity contribution in [2.75, 3.05) is 19.0 Å². The summed E-state index contributed by atoms with van der Waals surface area (Å²) in [5.74, 6) is -0.164. The zero-order chi connectivity index (χ0) is 14.4. The average molecular weight is 272 g/mol. The van der Waals surface area contributed by atoms with Gasteiger partial charge in [-0.3, -0.25) is 4.79 Å². The number of amides is 1. The van der Waals surface area contributed by atoms with E-state index in [1.54, 1.807) is 7.11 Å². The van der Waals surface area contributed by atoms with E-state index in [1.807, 2.05) is 24.3 Å². The van der Waals surface area contributed by atoms with Gasteiger partial charge in [-0.05, 0) is 30.9 Å². The number of carbonyl (C=O) groups is 1. The number of para-hydroxylation sites is 1. The molecule has 1 N–H and O–H groups in total. The van der Waals surface area contributed by atoms with Crippen molar-refractivity contribution in [3.05, 3.63) is 29.8 Å². The summed E-state index contributed by atoms with van der Waals surface area (Å²) in [6.07, 6.45) is 3.97. The summed E-state index contributed by atoms with van der Waals surface area (Å²) >= 11 is 0. The molecule has 1 saturated carbocycles. The van der Waals surface area contributed by atoms with Crippen molar-refractivity contribution < 1.29 is 9.53 Å². The molecule has 0 saturated heterocycles. The lowest BCUT2D eigenvalue weighted by molar-refractivity contribution is -0.122. The Labute approximate surface area is 119 Å². The van der Waals surface area contributed by atoms with Gasteiger partial charge in [-0.2, -0.15) is 5.26 Å². The van der Waals surface area contributed by atoms with Crippen LogP contribution >= 0.6 is 0 Å². The van der Waals surface area contributed by atoms with E-state index in [2.05, 4.69) is 11.4 Å². The number of nitrogens with zero attached hydrogens (tertiary/aromatic N) is 1. The minimum atomic E-state index is -0.839. The van der Waals surface area contributed by atoms with Crippen molar-refractivity contribution in [1.29, 1.82) is 5.26 Å².